The molecule has 1 aromatic heterocycles. The van der Waals surface area contributed by atoms with Crippen molar-refractivity contribution in [3.63, 3.8) is 0 Å². The third kappa shape index (κ3) is 3.03. The number of benzene rings is 8. The lowest BCUT2D eigenvalue weighted by molar-refractivity contribution is 1.03. The van der Waals surface area contributed by atoms with Crippen LogP contribution in [0.15, 0.2) is 158 Å². The fraction of sp³-hybridized carbons (Fsp3) is 0.0233. The predicted molar refractivity (Wildman–Crippen MR) is 186 cm³/mol. The Balaban J connectivity index is 1.56. The highest BCUT2D eigenvalue weighted by Crippen LogP contribution is 2.57. The van der Waals surface area contributed by atoms with Gasteiger partial charge in [-0.25, -0.2) is 0 Å². The molecule has 0 aliphatic heterocycles. The molecule has 0 amide bonds. The maximum absolute atomic E-state index is 2.49. The van der Waals surface area contributed by atoms with E-state index >= 15 is 0 Å². The molecular formula is C43H27N. The van der Waals surface area contributed by atoms with Crippen LogP contribution >= 0.6 is 0 Å². The zero-order valence-corrected chi connectivity index (χ0v) is 24.0. The molecule has 44 heavy (non-hydrogen) atoms. The van der Waals surface area contributed by atoms with Gasteiger partial charge in [0.25, 0.3) is 0 Å². The minimum absolute atomic E-state index is 0.167. The van der Waals surface area contributed by atoms with Crippen LogP contribution in [0.3, 0.4) is 0 Å². The Morgan fingerprint density at radius 2 is 0.977 bits per heavy atom. The average molecular weight is 558 g/mol. The van der Waals surface area contributed by atoms with Gasteiger partial charge in [0, 0.05) is 33.2 Å². The van der Waals surface area contributed by atoms with Crippen molar-refractivity contribution in [3.8, 4) is 16.8 Å². The van der Waals surface area contributed by atoms with Gasteiger partial charge in [0.15, 0.2) is 0 Å². The first-order chi connectivity index (χ1) is 21.9. The summed E-state index contributed by atoms with van der Waals surface area (Å²) in [6.45, 7) is 0. The van der Waals surface area contributed by atoms with Crippen LogP contribution in [-0.4, -0.2) is 4.57 Å². The van der Waals surface area contributed by atoms with Crippen LogP contribution in [0.5, 0.6) is 0 Å². The van der Waals surface area contributed by atoms with Gasteiger partial charge in [0.2, 0.25) is 0 Å². The van der Waals surface area contributed by atoms with Gasteiger partial charge in [0.05, 0.1) is 11.0 Å². The Morgan fingerprint density at radius 1 is 0.409 bits per heavy atom. The molecule has 0 saturated heterocycles. The highest BCUT2D eigenvalue weighted by molar-refractivity contribution is 6.40. The quantitative estimate of drug-likeness (QED) is 0.186. The van der Waals surface area contributed by atoms with E-state index in [1.807, 2.05) is 0 Å². The molecular weight excluding hydrogens is 530 g/mol. The Morgan fingerprint density at radius 3 is 1.75 bits per heavy atom. The minimum Gasteiger partial charge on any atom is -0.309 e. The lowest BCUT2D eigenvalue weighted by Gasteiger charge is -2.20. The lowest BCUT2D eigenvalue weighted by Crippen LogP contribution is -2.00. The van der Waals surface area contributed by atoms with Gasteiger partial charge in [-0.1, -0.05) is 140 Å². The van der Waals surface area contributed by atoms with E-state index in [0.717, 1.165) is 0 Å². The van der Waals surface area contributed by atoms with Gasteiger partial charge in [-0.3, -0.25) is 0 Å². The second-order valence-electron chi connectivity index (χ2n) is 12.0. The Kier molecular flexibility index (Phi) is 4.84. The van der Waals surface area contributed by atoms with Crippen molar-refractivity contribution < 1.29 is 0 Å². The fourth-order valence-corrected chi connectivity index (χ4v) is 8.20. The number of nitrogens with zero attached hydrogens (tertiary/aromatic N) is 1. The third-order valence-corrected chi connectivity index (χ3v) is 9.81. The zero-order chi connectivity index (χ0) is 28.8. The van der Waals surface area contributed by atoms with Crippen LogP contribution in [0, 0.1) is 0 Å². The Bertz CT molecular complexity index is 2590. The number of hydrogen-bond acceptors (Lipinski definition) is 0. The largest absolute Gasteiger partial charge is 0.309 e. The Hall–Kier alpha value is -5.66. The monoisotopic (exact) mass is 557 g/mol. The molecule has 1 heteroatoms. The first-order valence-corrected chi connectivity index (χ1v) is 15.4. The van der Waals surface area contributed by atoms with Crippen LogP contribution in [0.1, 0.15) is 22.6 Å². The number of para-hydroxylation sites is 2. The molecule has 9 aromatic rings. The zero-order valence-electron chi connectivity index (χ0n) is 24.0. The van der Waals surface area contributed by atoms with Gasteiger partial charge < -0.3 is 4.57 Å². The van der Waals surface area contributed by atoms with E-state index < -0.39 is 0 Å². The molecule has 0 radical (unpaired) electrons. The van der Waals surface area contributed by atoms with Crippen molar-refractivity contribution in [3.05, 3.63) is 174 Å². The molecule has 8 aromatic carbocycles. The SMILES string of the molecule is c1ccc(C2c3ccccc3-c3c2c2ccccc2c2c4ccccc4c4c(c5ccccc5n4-c4ccccc4)c32)cc1. The summed E-state index contributed by atoms with van der Waals surface area (Å²) in [7, 11) is 0. The predicted octanol–water partition coefficient (Wildman–Crippen LogP) is 11.4. The van der Waals surface area contributed by atoms with Crippen LogP contribution in [0.4, 0.5) is 0 Å². The summed E-state index contributed by atoms with van der Waals surface area (Å²) < 4.78 is 2.49. The molecule has 10 rings (SSSR count). The normalized spacial score (nSPS) is 14.1. The van der Waals surface area contributed by atoms with E-state index in [4.69, 9.17) is 0 Å². The molecule has 1 heterocycles. The van der Waals surface area contributed by atoms with Crippen molar-refractivity contribution in [2.45, 2.75) is 5.92 Å². The van der Waals surface area contributed by atoms with Crippen LogP contribution < -0.4 is 0 Å². The summed E-state index contributed by atoms with van der Waals surface area (Å²) >= 11 is 0. The summed E-state index contributed by atoms with van der Waals surface area (Å²) in [5.74, 6) is 0.167. The summed E-state index contributed by atoms with van der Waals surface area (Å²) in [4.78, 5) is 0. The molecule has 0 bridgehead atoms. The molecule has 0 fully saturated rings. The minimum atomic E-state index is 0.167. The van der Waals surface area contributed by atoms with Gasteiger partial charge in [-0.2, -0.15) is 0 Å². The van der Waals surface area contributed by atoms with Crippen molar-refractivity contribution in [1.82, 2.24) is 4.57 Å². The van der Waals surface area contributed by atoms with E-state index in [1.54, 1.807) is 0 Å². The van der Waals surface area contributed by atoms with Crippen molar-refractivity contribution in [2.24, 2.45) is 0 Å². The lowest BCUT2D eigenvalue weighted by atomic mass is 9.83. The molecule has 204 valence electrons. The molecule has 1 aliphatic carbocycles. The second kappa shape index (κ2) is 8.92. The first kappa shape index (κ1) is 23.9. The number of hydrogen-bond donors (Lipinski definition) is 0. The van der Waals surface area contributed by atoms with Gasteiger partial charge in [-0.05, 0) is 67.6 Å². The molecule has 1 nitrogen and oxygen atoms in total. The van der Waals surface area contributed by atoms with E-state index in [1.165, 1.54) is 87.6 Å². The molecule has 1 unspecified atom stereocenters. The Labute approximate surface area is 255 Å². The van der Waals surface area contributed by atoms with E-state index in [-0.39, 0.29) is 5.92 Å². The second-order valence-corrected chi connectivity index (χ2v) is 12.0. The van der Waals surface area contributed by atoms with Crippen molar-refractivity contribution in [2.75, 3.05) is 0 Å². The molecule has 1 aliphatic rings. The number of aromatic nitrogens is 1. The molecule has 1 atom stereocenters. The van der Waals surface area contributed by atoms with Crippen LogP contribution in [0.25, 0.3) is 70.9 Å². The molecule has 0 spiro atoms. The topological polar surface area (TPSA) is 4.93 Å². The first-order valence-electron chi connectivity index (χ1n) is 15.4. The number of rotatable bonds is 2. The highest BCUT2D eigenvalue weighted by Gasteiger charge is 2.35. The van der Waals surface area contributed by atoms with Crippen LogP contribution in [-0.2, 0) is 0 Å². The molecule has 0 N–H and O–H groups in total. The third-order valence-electron chi connectivity index (χ3n) is 9.81. The smallest absolute Gasteiger partial charge is 0.0626 e. The fourth-order valence-electron chi connectivity index (χ4n) is 8.20. The maximum atomic E-state index is 2.49. The summed E-state index contributed by atoms with van der Waals surface area (Å²) in [6.07, 6.45) is 0. The summed E-state index contributed by atoms with van der Waals surface area (Å²) in [5, 5.41) is 10.6. The van der Waals surface area contributed by atoms with Gasteiger partial charge >= 0.3 is 0 Å². The highest BCUT2D eigenvalue weighted by atomic mass is 15.0. The van der Waals surface area contributed by atoms with E-state index in [0.29, 0.717) is 0 Å². The van der Waals surface area contributed by atoms with Crippen molar-refractivity contribution in [1.29, 1.82) is 0 Å². The van der Waals surface area contributed by atoms with Crippen molar-refractivity contribution >= 4 is 54.1 Å². The van der Waals surface area contributed by atoms with Gasteiger partial charge in [-0.15, -0.1) is 0 Å². The molecule has 0 saturated carbocycles. The summed E-state index contributed by atoms with van der Waals surface area (Å²) in [5.41, 5.74) is 10.6. The van der Waals surface area contributed by atoms with E-state index in [2.05, 4.69) is 162 Å². The van der Waals surface area contributed by atoms with Crippen LogP contribution in [0.2, 0.25) is 0 Å². The summed E-state index contributed by atoms with van der Waals surface area (Å²) in [6, 6.07) is 58.2. The maximum Gasteiger partial charge on any atom is 0.0626 e. The number of fused-ring (bicyclic) bond motifs is 15. The average Bonchev–Trinajstić information content (AvgIpc) is 3.63. The van der Waals surface area contributed by atoms with Gasteiger partial charge in [0.1, 0.15) is 0 Å². The standard InChI is InChI=1S/C43H27N/c1-3-15-27(16-4-1)37-29-19-7-9-21-31(29)40-39(37)32-22-10-8-20-30(32)38-33-23-11-12-24-34(33)43-41(42(38)40)35-25-13-14-26-36(35)44(43)28-17-5-2-6-18-28/h1-26,37H. The van der Waals surface area contributed by atoms with E-state index in [9.17, 15) is 0 Å².